The molecule has 1 aromatic rings. The van der Waals surface area contributed by atoms with Crippen LogP contribution in [0.1, 0.15) is 90.5 Å². The van der Waals surface area contributed by atoms with Crippen LogP contribution < -0.4 is 0 Å². The molecule has 6 nitrogen and oxygen atoms in total. The molecule has 0 amide bonds. The van der Waals surface area contributed by atoms with Crippen LogP contribution >= 0.6 is 0 Å². The number of aryl methyl sites for hydroxylation is 1. The number of carbonyl (C=O) groups excluding carboxylic acids is 1. The second-order valence-corrected chi connectivity index (χ2v) is 14.4. The Balaban J connectivity index is 1.42. The van der Waals surface area contributed by atoms with E-state index in [1.165, 1.54) is 5.57 Å². The highest BCUT2D eigenvalue weighted by Crippen LogP contribution is 2.68. The summed E-state index contributed by atoms with van der Waals surface area (Å²) in [7, 11) is -3.95. The van der Waals surface area contributed by atoms with Gasteiger partial charge in [-0.05, 0) is 105 Å². The van der Waals surface area contributed by atoms with Crippen LogP contribution in [0.4, 0.5) is 0 Å². The second kappa shape index (κ2) is 9.88. The normalized spacial score (nSPS) is 37.2. The quantitative estimate of drug-likeness (QED) is 0.344. The molecule has 0 unspecified atom stereocenters. The van der Waals surface area contributed by atoms with Crippen LogP contribution in [-0.4, -0.2) is 37.4 Å². The van der Waals surface area contributed by atoms with Crippen LogP contribution in [-0.2, 0) is 19.6 Å². The Labute approximate surface area is 228 Å². The first kappa shape index (κ1) is 27.6. The van der Waals surface area contributed by atoms with Crippen LogP contribution in [0.5, 0.6) is 0 Å². The van der Waals surface area contributed by atoms with Crippen LogP contribution in [0.3, 0.4) is 0 Å². The zero-order valence-electron chi connectivity index (χ0n) is 23.3. The molecule has 0 aromatic heterocycles. The van der Waals surface area contributed by atoms with Gasteiger partial charge in [0.1, 0.15) is 0 Å². The lowest BCUT2D eigenvalue weighted by Crippen LogP contribution is -2.55. The van der Waals surface area contributed by atoms with Gasteiger partial charge < -0.3 is 9.84 Å². The number of allylic oxidation sites excluding steroid dienone is 1. The molecule has 6 atom stereocenters. The number of hydrogen-bond acceptors (Lipinski definition) is 5. The predicted molar refractivity (Wildman–Crippen MR) is 148 cm³/mol. The highest BCUT2D eigenvalue weighted by molar-refractivity contribution is 7.90. The summed E-state index contributed by atoms with van der Waals surface area (Å²) in [6.45, 7) is 8.82. The number of carbonyl (C=O) groups is 1. The van der Waals surface area contributed by atoms with E-state index in [0.29, 0.717) is 37.2 Å². The van der Waals surface area contributed by atoms with Crippen molar-refractivity contribution in [2.45, 2.75) is 102 Å². The molecule has 0 aliphatic heterocycles. The maximum atomic E-state index is 13.2. The minimum atomic E-state index is -3.95. The number of ketones is 1. The Morgan fingerprint density at radius 1 is 1.05 bits per heavy atom. The number of hydrogen-bond donors (Lipinski definition) is 1. The van der Waals surface area contributed by atoms with Gasteiger partial charge in [-0.15, -0.1) is 4.40 Å². The largest absolute Gasteiger partial charge is 0.480 e. The number of fused-ring (bicyclic) bond motifs is 5. The SMILES string of the molecule is CCCOC(C[C@]1(O)CC[C@H]2[C@@H]3CCC4=CC(=O)CC[C@]4(C)[C@H]3CC[C@@]21C)=NS(=O)(=O)c1ccc(C)cc1. The van der Waals surface area contributed by atoms with E-state index >= 15 is 0 Å². The molecule has 3 saturated carbocycles. The minimum Gasteiger partial charge on any atom is -0.480 e. The number of sulfonamides is 1. The first-order valence-corrected chi connectivity index (χ1v) is 15.9. The molecule has 1 aromatic carbocycles. The summed E-state index contributed by atoms with van der Waals surface area (Å²) in [5.41, 5.74) is 0.995. The van der Waals surface area contributed by atoms with Crippen molar-refractivity contribution in [3.8, 4) is 0 Å². The number of rotatable bonds is 6. The summed E-state index contributed by atoms with van der Waals surface area (Å²) >= 11 is 0. The van der Waals surface area contributed by atoms with Gasteiger partial charge in [0.25, 0.3) is 10.0 Å². The van der Waals surface area contributed by atoms with E-state index in [4.69, 9.17) is 4.74 Å². The van der Waals surface area contributed by atoms with Gasteiger partial charge in [0.05, 0.1) is 23.5 Å². The lowest BCUT2D eigenvalue weighted by molar-refractivity contribution is -0.128. The smallest absolute Gasteiger partial charge is 0.285 e. The van der Waals surface area contributed by atoms with Crippen molar-refractivity contribution >= 4 is 21.7 Å². The molecule has 0 bridgehead atoms. The summed E-state index contributed by atoms with van der Waals surface area (Å²) < 4.78 is 36.4. The highest BCUT2D eigenvalue weighted by Gasteiger charge is 2.64. The number of nitrogens with zero attached hydrogens (tertiary/aromatic N) is 1. The third-order valence-electron chi connectivity index (χ3n) is 10.7. The van der Waals surface area contributed by atoms with Gasteiger partial charge in [0.15, 0.2) is 5.78 Å². The third-order valence-corrected chi connectivity index (χ3v) is 12.1. The maximum Gasteiger partial charge on any atom is 0.285 e. The Bertz CT molecular complexity index is 1250. The summed E-state index contributed by atoms with van der Waals surface area (Å²) in [6, 6.07) is 6.66. The zero-order chi connectivity index (χ0) is 27.3. The van der Waals surface area contributed by atoms with Gasteiger partial charge in [-0.2, -0.15) is 8.42 Å². The van der Waals surface area contributed by atoms with Crippen molar-refractivity contribution in [1.82, 2.24) is 0 Å². The molecule has 5 rings (SSSR count). The maximum absolute atomic E-state index is 13.2. The van der Waals surface area contributed by atoms with Crippen LogP contribution in [0, 0.1) is 35.5 Å². The van der Waals surface area contributed by atoms with Crippen molar-refractivity contribution in [3.05, 3.63) is 41.5 Å². The predicted octanol–water partition coefficient (Wildman–Crippen LogP) is 6.16. The summed E-state index contributed by atoms with van der Waals surface area (Å²) in [5, 5.41) is 12.2. The Kier molecular flexibility index (Phi) is 7.17. The molecule has 4 aliphatic carbocycles. The molecular weight excluding hydrogens is 498 g/mol. The minimum absolute atomic E-state index is 0.0812. The van der Waals surface area contributed by atoms with E-state index < -0.39 is 15.6 Å². The fourth-order valence-electron chi connectivity index (χ4n) is 8.44. The van der Waals surface area contributed by atoms with Crippen LogP contribution in [0.15, 0.2) is 45.2 Å². The summed E-state index contributed by atoms with van der Waals surface area (Å²) in [5.74, 6) is 1.79. The van der Waals surface area contributed by atoms with Gasteiger partial charge in [-0.3, -0.25) is 4.79 Å². The second-order valence-electron chi connectivity index (χ2n) is 12.8. The van der Waals surface area contributed by atoms with Gasteiger partial charge in [-0.25, -0.2) is 0 Å². The van der Waals surface area contributed by atoms with E-state index in [2.05, 4.69) is 18.2 Å². The van der Waals surface area contributed by atoms with Crippen molar-refractivity contribution in [1.29, 1.82) is 0 Å². The van der Waals surface area contributed by atoms with Gasteiger partial charge in [0, 0.05) is 6.42 Å². The van der Waals surface area contributed by atoms with Gasteiger partial charge in [0.2, 0.25) is 5.90 Å². The average molecular weight is 542 g/mol. The van der Waals surface area contributed by atoms with E-state index in [1.807, 2.05) is 19.9 Å². The number of benzene rings is 1. The summed E-state index contributed by atoms with van der Waals surface area (Å²) in [4.78, 5) is 12.3. The van der Waals surface area contributed by atoms with E-state index in [0.717, 1.165) is 50.5 Å². The standard InChI is InChI=1S/C31H43NO5S/c1-5-18-37-28(32-38(35,36)24-9-6-21(2)7-10-24)20-31(34)17-14-27-25-11-8-22-19-23(33)12-15-29(22,3)26(25)13-16-30(27,31)4/h6-7,9-10,19,25-27,34H,5,8,11-18,20H2,1-4H3/t25-,26+,27+,29+,30+,31-/m1/s1. The number of ether oxygens (including phenoxy) is 1. The van der Waals surface area contributed by atoms with Crippen molar-refractivity contribution < 1.29 is 23.1 Å². The van der Waals surface area contributed by atoms with E-state index in [1.54, 1.807) is 24.3 Å². The Morgan fingerprint density at radius 2 is 1.76 bits per heavy atom. The molecule has 3 fully saturated rings. The fourth-order valence-corrected chi connectivity index (χ4v) is 9.41. The molecular formula is C31H43NO5S. The first-order valence-electron chi connectivity index (χ1n) is 14.4. The monoisotopic (exact) mass is 541 g/mol. The van der Waals surface area contributed by atoms with Gasteiger partial charge in [-0.1, -0.05) is 44.0 Å². The van der Waals surface area contributed by atoms with E-state index in [9.17, 15) is 18.3 Å². The fraction of sp³-hybridized carbons (Fsp3) is 0.677. The van der Waals surface area contributed by atoms with E-state index in [-0.39, 0.29) is 33.8 Å². The molecule has 0 saturated heterocycles. The Hall–Kier alpha value is -1.99. The lowest BCUT2D eigenvalue weighted by Gasteiger charge is -2.59. The van der Waals surface area contributed by atoms with Crippen LogP contribution in [0.2, 0.25) is 0 Å². The third kappa shape index (κ3) is 4.57. The molecule has 0 heterocycles. The highest BCUT2D eigenvalue weighted by atomic mass is 32.2. The molecule has 0 spiro atoms. The molecule has 4 aliphatic rings. The molecule has 38 heavy (non-hydrogen) atoms. The zero-order valence-corrected chi connectivity index (χ0v) is 24.1. The summed E-state index contributed by atoms with van der Waals surface area (Å²) in [6.07, 6.45) is 9.82. The average Bonchev–Trinajstić information content (AvgIpc) is 3.13. The van der Waals surface area contributed by atoms with Crippen molar-refractivity contribution in [3.63, 3.8) is 0 Å². The topological polar surface area (TPSA) is 93.0 Å². The molecule has 1 N–H and O–H groups in total. The molecule has 0 radical (unpaired) electrons. The lowest BCUT2D eigenvalue weighted by atomic mass is 9.46. The van der Waals surface area contributed by atoms with Crippen molar-refractivity contribution in [2.24, 2.45) is 33.0 Å². The molecule has 7 heteroatoms. The number of aliphatic hydroxyl groups is 1. The first-order chi connectivity index (χ1) is 17.9. The van der Waals surface area contributed by atoms with Gasteiger partial charge >= 0.3 is 0 Å². The Morgan fingerprint density at radius 3 is 2.47 bits per heavy atom. The van der Waals surface area contributed by atoms with Crippen LogP contribution in [0.25, 0.3) is 0 Å². The van der Waals surface area contributed by atoms with Crippen molar-refractivity contribution in [2.75, 3.05) is 6.61 Å². The molecule has 208 valence electrons.